The molecule has 6 aromatic rings. The molecule has 332 valence electrons. The summed E-state index contributed by atoms with van der Waals surface area (Å²) in [5.41, 5.74) is 2.12. The number of rotatable bonds is 20. The van der Waals surface area contributed by atoms with Gasteiger partial charge in [0.15, 0.2) is 13.2 Å². The van der Waals surface area contributed by atoms with E-state index < -0.39 is 48.6 Å². The van der Waals surface area contributed by atoms with Crippen LogP contribution in [0.25, 0.3) is 0 Å². The van der Waals surface area contributed by atoms with Gasteiger partial charge in [-0.05, 0) is 121 Å². The van der Waals surface area contributed by atoms with Crippen molar-refractivity contribution in [2.24, 2.45) is 0 Å². The Labute approximate surface area is 365 Å². The summed E-state index contributed by atoms with van der Waals surface area (Å²) in [4.78, 5) is 0. The smallest absolute Gasteiger partial charge is 0.422 e. The summed E-state index contributed by atoms with van der Waals surface area (Å²) < 4.78 is 109. The lowest BCUT2D eigenvalue weighted by Gasteiger charge is -2.45. The van der Waals surface area contributed by atoms with E-state index in [2.05, 4.69) is 27.7 Å². The molecule has 6 aromatic carbocycles. The second-order valence-electron chi connectivity index (χ2n) is 16.0. The van der Waals surface area contributed by atoms with Crippen LogP contribution in [0.3, 0.4) is 0 Å². The maximum absolute atomic E-state index is 13.1. The number of benzene rings is 6. The lowest BCUT2D eigenvalue weighted by atomic mass is 9.71. The molecule has 5 nitrogen and oxygen atoms in total. The fourth-order valence-electron chi connectivity index (χ4n) is 7.62. The summed E-state index contributed by atoms with van der Waals surface area (Å²) in [5, 5.41) is 0. The summed E-state index contributed by atoms with van der Waals surface area (Å²) in [7, 11) is 0. The second kappa shape index (κ2) is 20.5. The van der Waals surface area contributed by atoms with Gasteiger partial charge in [0.2, 0.25) is 0 Å². The van der Waals surface area contributed by atoms with Crippen LogP contribution >= 0.6 is 0 Å². The minimum atomic E-state index is -4.49. The highest BCUT2D eigenvalue weighted by molar-refractivity contribution is 5.39. The van der Waals surface area contributed by atoms with E-state index in [9.17, 15) is 26.3 Å². The summed E-state index contributed by atoms with van der Waals surface area (Å²) in [6, 6.07) is 47.9. The third kappa shape index (κ3) is 13.0. The molecular weight excluding hydrogens is 819 g/mol. The van der Waals surface area contributed by atoms with Crippen LogP contribution in [0.5, 0.6) is 34.5 Å². The normalized spacial score (nSPS) is 14.8. The average Bonchev–Trinajstić information content (AvgIpc) is 3.27. The maximum Gasteiger partial charge on any atom is 0.422 e. The Bertz CT molecular complexity index is 2150. The molecule has 0 saturated heterocycles. The van der Waals surface area contributed by atoms with Crippen molar-refractivity contribution in [3.8, 4) is 34.5 Å². The van der Waals surface area contributed by atoms with Gasteiger partial charge < -0.3 is 23.7 Å². The Kier molecular flexibility index (Phi) is 15.1. The molecule has 0 aromatic heterocycles. The lowest BCUT2D eigenvalue weighted by molar-refractivity contribution is -0.154. The quantitative estimate of drug-likeness (QED) is 0.0715. The minimum absolute atomic E-state index is 0.0921. The van der Waals surface area contributed by atoms with Crippen molar-refractivity contribution in [1.29, 1.82) is 0 Å². The van der Waals surface area contributed by atoms with E-state index in [1.54, 1.807) is 48.5 Å². The van der Waals surface area contributed by atoms with Crippen LogP contribution in [0, 0.1) is 0 Å². The van der Waals surface area contributed by atoms with Crippen molar-refractivity contribution in [1.82, 2.24) is 0 Å². The van der Waals surface area contributed by atoms with Gasteiger partial charge in [-0.1, -0.05) is 113 Å². The first-order valence-corrected chi connectivity index (χ1v) is 20.9. The van der Waals surface area contributed by atoms with Crippen LogP contribution in [0.1, 0.15) is 62.8 Å². The molecule has 0 aliphatic rings. The Balaban J connectivity index is 1.42. The minimum Gasteiger partial charge on any atom is -0.484 e. The van der Waals surface area contributed by atoms with Gasteiger partial charge >= 0.3 is 12.4 Å². The average molecular weight is 871 g/mol. The van der Waals surface area contributed by atoms with Crippen LogP contribution < -0.4 is 18.9 Å². The van der Waals surface area contributed by atoms with Gasteiger partial charge in [0.05, 0.1) is 12.2 Å². The Morgan fingerprint density at radius 2 is 0.762 bits per heavy atom. The van der Waals surface area contributed by atoms with Gasteiger partial charge in [0.1, 0.15) is 34.5 Å². The first-order chi connectivity index (χ1) is 30.0. The van der Waals surface area contributed by atoms with Crippen molar-refractivity contribution in [2.75, 3.05) is 13.2 Å². The molecule has 0 N–H and O–H groups in total. The number of para-hydroxylation sites is 2. The van der Waals surface area contributed by atoms with E-state index >= 15 is 0 Å². The Morgan fingerprint density at radius 3 is 1.10 bits per heavy atom. The molecule has 0 aliphatic carbocycles. The van der Waals surface area contributed by atoms with Crippen LogP contribution in [0.4, 0.5) is 26.3 Å². The standard InChI is InChI=1S/C52H52F6O5/c1-5-49(3,39-23-27-41(28-24-39)59-35-51(53,54)55)47(33-37-15-13-21-45(31-37)61-43-17-9-7-10-18-43)63-48(34-38-16-14-22-46(32-38)62-44-19-11-8-12-20-44)50(4,6-2)40-25-29-42(30-26-40)60-36-52(56,57)58/h7-32,47-48H,5-6,33-36H2,1-4H3. The zero-order valence-corrected chi connectivity index (χ0v) is 35.7. The summed E-state index contributed by atoms with van der Waals surface area (Å²) in [6.45, 7) is 5.47. The SMILES string of the molecule is CCC(C)(c1ccc(OCC(F)(F)F)cc1)C(Cc1cccc(Oc2ccccc2)c1)OC(Cc1cccc(Oc2ccccc2)c1)C(C)(CC)c1ccc(OCC(F)(F)F)cc1. The van der Waals surface area contributed by atoms with Gasteiger partial charge in [-0.2, -0.15) is 26.3 Å². The molecule has 0 radical (unpaired) electrons. The third-order valence-electron chi connectivity index (χ3n) is 11.6. The van der Waals surface area contributed by atoms with E-state index in [1.165, 1.54) is 0 Å². The molecule has 0 spiro atoms. The van der Waals surface area contributed by atoms with Gasteiger partial charge in [-0.15, -0.1) is 0 Å². The van der Waals surface area contributed by atoms with Gasteiger partial charge in [-0.3, -0.25) is 0 Å². The maximum atomic E-state index is 13.1. The summed E-state index contributed by atoms with van der Waals surface area (Å²) in [6.07, 6.45) is -8.04. The molecule has 4 atom stereocenters. The molecule has 0 heterocycles. The van der Waals surface area contributed by atoms with Crippen LogP contribution in [0.15, 0.2) is 158 Å². The van der Waals surface area contributed by atoms with Gasteiger partial charge in [-0.25, -0.2) is 0 Å². The highest BCUT2D eigenvalue weighted by atomic mass is 19.4. The fourth-order valence-corrected chi connectivity index (χ4v) is 7.62. The molecule has 6 rings (SSSR count). The largest absolute Gasteiger partial charge is 0.484 e. The van der Waals surface area contributed by atoms with Gasteiger partial charge in [0.25, 0.3) is 0 Å². The number of halogens is 6. The molecular formula is C52H52F6O5. The number of hydrogen-bond donors (Lipinski definition) is 0. The summed E-state index contributed by atoms with van der Waals surface area (Å²) in [5.74, 6) is 2.82. The van der Waals surface area contributed by atoms with Crippen LogP contribution in [0.2, 0.25) is 0 Å². The third-order valence-corrected chi connectivity index (χ3v) is 11.6. The van der Waals surface area contributed by atoms with Crippen molar-refractivity contribution in [3.63, 3.8) is 0 Å². The van der Waals surface area contributed by atoms with E-state index in [-0.39, 0.29) is 11.5 Å². The van der Waals surface area contributed by atoms with Crippen molar-refractivity contribution < 1.29 is 50.0 Å². The predicted molar refractivity (Wildman–Crippen MR) is 233 cm³/mol. The second-order valence-corrected chi connectivity index (χ2v) is 16.0. The molecule has 0 saturated carbocycles. The van der Waals surface area contributed by atoms with Crippen LogP contribution in [-0.2, 0) is 28.4 Å². The number of hydrogen-bond acceptors (Lipinski definition) is 5. The highest BCUT2D eigenvalue weighted by Crippen LogP contribution is 2.43. The molecule has 0 bridgehead atoms. The van der Waals surface area contributed by atoms with E-state index in [4.69, 9.17) is 23.7 Å². The number of ether oxygens (including phenoxy) is 5. The van der Waals surface area contributed by atoms with E-state index in [1.807, 2.05) is 109 Å². The van der Waals surface area contributed by atoms with Crippen LogP contribution in [-0.4, -0.2) is 37.8 Å². The Morgan fingerprint density at radius 1 is 0.413 bits per heavy atom. The highest BCUT2D eigenvalue weighted by Gasteiger charge is 2.43. The molecule has 0 amide bonds. The summed E-state index contributed by atoms with van der Waals surface area (Å²) >= 11 is 0. The zero-order chi connectivity index (χ0) is 45.1. The molecule has 4 unspecified atom stereocenters. The lowest BCUT2D eigenvalue weighted by Crippen LogP contribution is -2.48. The van der Waals surface area contributed by atoms with E-state index in [0.29, 0.717) is 48.7 Å². The molecule has 11 heteroatoms. The Hall–Kier alpha value is -5.94. The predicted octanol–water partition coefficient (Wildman–Crippen LogP) is 14.4. The first-order valence-electron chi connectivity index (χ1n) is 20.9. The van der Waals surface area contributed by atoms with Gasteiger partial charge in [0, 0.05) is 10.8 Å². The fraction of sp³-hybridized carbons (Fsp3) is 0.308. The van der Waals surface area contributed by atoms with Crippen molar-refractivity contribution in [2.45, 2.75) is 88.8 Å². The monoisotopic (exact) mass is 870 g/mol. The zero-order valence-electron chi connectivity index (χ0n) is 35.7. The topological polar surface area (TPSA) is 46.2 Å². The first kappa shape index (κ1) is 46.6. The molecule has 0 fully saturated rings. The molecule has 0 aliphatic heterocycles. The van der Waals surface area contributed by atoms with Crippen molar-refractivity contribution >= 4 is 0 Å². The van der Waals surface area contributed by atoms with Crippen molar-refractivity contribution in [3.05, 3.63) is 180 Å². The molecule has 63 heavy (non-hydrogen) atoms. The number of alkyl halides is 6. The van der Waals surface area contributed by atoms with E-state index in [0.717, 1.165) is 22.3 Å².